The molecule has 0 bridgehead atoms. The maximum atomic E-state index is 12.5. The molecule has 0 heterocycles. The van der Waals surface area contributed by atoms with Crippen LogP contribution in [0.15, 0.2) is 30.3 Å². The van der Waals surface area contributed by atoms with Gasteiger partial charge in [0.1, 0.15) is 6.04 Å². The fraction of sp³-hybridized carbons (Fsp3) is 0.429. The van der Waals surface area contributed by atoms with Gasteiger partial charge < -0.3 is 5.11 Å². The average molecular weight is 281 g/mol. The van der Waals surface area contributed by atoms with Gasteiger partial charge in [-0.2, -0.15) is 12.6 Å². The minimum Gasteiger partial charge on any atom is -0.480 e. The number of carboxylic acids is 1. The summed E-state index contributed by atoms with van der Waals surface area (Å²) in [6.07, 6.45) is 0.498. The van der Waals surface area contributed by atoms with E-state index < -0.39 is 17.6 Å². The predicted octanol–water partition coefficient (Wildman–Crippen LogP) is 2.01. The van der Waals surface area contributed by atoms with Gasteiger partial charge in [-0.25, -0.2) is 0 Å². The van der Waals surface area contributed by atoms with Gasteiger partial charge in [0.15, 0.2) is 5.78 Å². The lowest BCUT2D eigenvalue weighted by Gasteiger charge is -2.31. The predicted molar refractivity (Wildman–Crippen MR) is 77.9 cm³/mol. The van der Waals surface area contributed by atoms with Gasteiger partial charge in [0.05, 0.1) is 5.54 Å². The highest BCUT2D eigenvalue weighted by molar-refractivity contribution is 7.80. The van der Waals surface area contributed by atoms with Crippen molar-refractivity contribution in [3.8, 4) is 0 Å². The zero-order chi connectivity index (χ0) is 14.5. The standard InChI is InChI=1S/C14H19NO3S/c1-3-14(2,15-11(9-19)13(17)18)12(16)10-7-5-4-6-8-10/h4-8,11,15,19H,3,9H2,1-2H3,(H,17,18)/t11-,14?/m0/s1. The number of carbonyl (C=O) groups excluding carboxylic acids is 1. The molecule has 0 fully saturated rings. The normalized spacial score (nSPS) is 15.5. The van der Waals surface area contributed by atoms with E-state index in [4.69, 9.17) is 5.11 Å². The number of hydrogen-bond acceptors (Lipinski definition) is 4. The van der Waals surface area contributed by atoms with Gasteiger partial charge in [-0.15, -0.1) is 0 Å². The summed E-state index contributed by atoms with van der Waals surface area (Å²) in [6, 6.07) is 8.03. The largest absolute Gasteiger partial charge is 0.480 e. The first-order chi connectivity index (χ1) is 8.94. The third-order valence-corrected chi connectivity index (χ3v) is 3.58. The molecule has 2 N–H and O–H groups in total. The van der Waals surface area contributed by atoms with Crippen molar-refractivity contribution in [1.29, 1.82) is 0 Å². The SMILES string of the molecule is CCC(C)(N[C@@H](CS)C(=O)O)C(=O)c1ccccc1. The Labute approximate surface area is 118 Å². The summed E-state index contributed by atoms with van der Waals surface area (Å²) in [4.78, 5) is 23.6. The van der Waals surface area contributed by atoms with Crippen LogP contribution >= 0.6 is 12.6 Å². The van der Waals surface area contributed by atoms with Crippen molar-refractivity contribution in [3.05, 3.63) is 35.9 Å². The number of ketones is 1. The van der Waals surface area contributed by atoms with E-state index in [0.29, 0.717) is 12.0 Å². The van der Waals surface area contributed by atoms with Gasteiger partial charge in [0, 0.05) is 11.3 Å². The molecule has 0 aliphatic carbocycles. The van der Waals surface area contributed by atoms with Crippen LogP contribution in [0.2, 0.25) is 0 Å². The molecule has 1 aromatic rings. The highest BCUT2D eigenvalue weighted by Gasteiger charge is 2.35. The molecule has 1 aromatic carbocycles. The highest BCUT2D eigenvalue weighted by Crippen LogP contribution is 2.18. The monoisotopic (exact) mass is 281 g/mol. The van der Waals surface area contributed by atoms with Crippen molar-refractivity contribution in [3.63, 3.8) is 0 Å². The van der Waals surface area contributed by atoms with Crippen LogP contribution in [0.4, 0.5) is 0 Å². The van der Waals surface area contributed by atoms with Crippen molar-refractivity contribution in [2.75, 3.05) is 5.75 Å². The highest BCUT2D eigenvalue weighted by atomic mass is 32.1. The third kappa shape index (κ3) is 3.81. The molecule has 0 spiro atoms. The number of hydrogen-bond donors (Lipinski definition) is 3. The Morgan fingerprint density at radius 3 is 2.37 bits per heavy atom. The molecular weight excluding hydrogens is 262 g/mol. The second-order valence-electron chi connectivity index (χ2n) is 4.60. The number of carboxylic acid groups (broad SMARTS) is 1. The molecule has 0 amide bonds. The molecule has 0 saturated carbocycles. The Morgan fingerprint density at radius 1 is 1.37 bits per heavy atom. The molecule has 1 rings (SSSR count). The quantitative estimate of drug-likeness (QED) is 0.528. The molecular formula is C14H19NO3S. The second kappa shape index (κ2) is 6.73. The number of thiol groups is 1. The first-order valence-corrected chi connectivity index (χ1v) is 6.79. The molecule has 19 heavy (non-hydrogen) atoms. The second-order valence-corrected chi connectivity index (χ2v) is 4.96. The molecule has 0 saturated heterocycles. The van der Waals surface area contributed by atoms with E-state index in [1.54, 1.807) is 31.2 Å². The van der Waals surface area contributed by atoms with Crippen molar-refractivity contribution in [2.24, 2.45) is 0 Å². The maximum absolute atomic E-state index is 12.5. The lowest BCUT2D eigenvalue weighted by atomic mass is 9.88. The Balaban J connectivity index is 2.97. The van der Waals surface area contributed by atoms with E-state index in [2.05, 4.69) is 17.9 Å². The van der Waals surface area contributed by atoms with Crippen molar-refractivity contribution in [2.45, 2.75) is 31.8 Å². The van der Waals surface area contributed by atoms with Crippen LogP contribution in [-0.4, -0.2) is 34.2 Å². The summed E-state index contributed by atoms with van der Waals surface area (Å²) < 4.78 is 0. The van der Waals surface area contributed by atoms with Gasteiger partial charge in [0.25, 0.3) is 0 Å². The fourth-order valence-corrected chi connectivity index (χ4v) is 2.05. The molecule has 0 aromatic heterocycles. The Morgan fingerprint density at radius 2 is 1.95 bits per heavy atom. The summed E-state index contributed by atoms with van der Waals surface area (Å²) in [6.45, 7) is 3.58. The van der Waals surface area contributed by atoms with Crippen LogP contribution in [0.3, 0.4) is 0 Å². The van der Waals surface area contributed by atoms with Crippen LogP contribution in [-0.2, 0) is 4.79 Å². The van der Waals surface area contributed by atoms with Crippen molar-refractivity contribution in [1.82, 2.24) is 5.32 Å². The number of Topliss-reactive ketones (excluding diaryl/α,β-unsaturated/α-hetero) is 1. The molecule has 0 aliphatic rings. The Hall–Kier alpha value is -1.33. The van der Waals surface area contributed by atoms with E-state index in [1.807, 2.05) is 13.0 Å². The minimum absolute atomic E-state index is 0.108. The van der Waals surface area contributed by atoms with Crippen molar-refractivity contribution < 1.29 is 14.7 Å². The number of aliphatic carboxylic acids is 1. The molecule has 5 heteroatoms. The van der Waals surface area contributed by atoms with Gasteiger partial charge in [-0.05, 0) is 13.3 Å². The van der Waals surface area contributed by atoms with Crippen molar-refractivity contribution >= 4 is 24.4 Å². The summed E-state index contributed by atoms with van der Waals surface area (Å²) in [5.41, 5.74) is -0.338. The molecule has 0 radical (unpaired) electrons. The van der Waals surface area contributed by atoms with Crippen LogP contribution in [0, 0.1) is 0 Å². The van der Waals surface area contributed by atoms with Gasteiger partial charge in [-0.1, -0.05) is 37.3 Å². The minimum atomic E-state index is -1.00. The molecule has 4 nitrogen and oxygen atoms in total. The third-order valence-electron chi connectivity index (χ3n) is 3.22. The van der Waals surface area contributed by atoms with Gasteiger partial charge >= 0.3 is 5.97 Å². The summed E-state index contributed by atoms with van der Waals surface area (Å²) in [7, 11) is 0. The van der Waals surface area contributed by atoms with E-state index >= 15 is 0 Å². The first kappa shape index (κ1) is 15.7. The Bertz CT molecular complexity index is 449. The number of benzene rings is 1. The zero-order valence-electron chi connectivity index (χ0n) is 11.1. The zero-order valence-corrected chi connectivity index (χ0v) is 12.0. The van der Waals surface area contributed by atoms with E-state index in [1.165, 1.54) is 0 Å². The fourth-order valence-electron chi connectivity index (χ4n) is 1.81. The van der Waals surface area contributed by atoms with Crippen LogP contribution < -0.4 is 5.32 Å². The number of carbonyl (C=O) groups is 2. The van der Waals surface area contributed by atoms with E-state index in [9.17, 15) is 9.59 Å². The van der Waals surface area contributed by atoms with Crippen LogP contribution in [0.5, 0.6) is 0 Å². The van der Waals surface area contributed by atoms with E-state index in [-0.39, 0.29) is 11.5 Å². The summed E-state index contributed by atoms with van der Waals surface area (Å²) in [5.74, 6) is -0.980. The Kier molecular flexibility index (Phi) is 5.57. The smallest absolute Gasteiger partial charge is 0.321 e. The number of rotatable bonds is 7. The topological polar surface area (TPSA) is 66.4 Å². The van der Waals surface area contributed by atoms with Gasteiger partial charge in [-0.3, -0.25) is 14.9 Å². The van der Waals surface area contributed by atoms with Crippen LogP contribution in [0.1, 0.15) is 30.6 Å². The molecule has 2 atom stereocenters. The lowest BCUT2D eigenvalue weighted by Crippen LogP contribution is -2.56. The molecule has 104 valence electrons. The van der Waals surface area contributed by atoms with Gasteiger partial charge in [0.2, 0.25) is 0 Å². The number of nitrogens with one attached hydrogen (secondary N) is 1. The lowest BCUT2D eigenvalue weighted by molar-refractivity contribution is -0.139. The maximum Gasteiger partial charge on any atom is 0.321 e. The molecule has 0 aliphatic heterocycles. The molecule has 1 unspecified atom stereocenters. The summed E-state index contributed by atoms with van der Waals surface area (Å²) >= 11 is 4.01. The first-order valence-electron chi connectivity index (χ1n) is 6.16. The van der Waals surface area contributed by atoms with E-state index in [0.717, 1.165) is 0 Å². The van der Waals surface area contributed by atoms with Crippen LogP contribution in [0.25, 0.3) is 0 Å². The summed E-state index contributed by atoms with van der Waals surface area (Å²) in [5, 5.41) is 12.0. The average Bonchev–Trinajstić information content (AvgIpc) is 2.44.